The molecule has 0 amide bonds. The van der Waals surface area contributed by atoms with E-state index in [1.54, 1.807) is 18.6 Å². The summed E-state index contributed by atoms with van der Waals surface area (Å²) >= 11 is 0. The number of nitrogens with zero attached hydrogens (tertiary/aromatic N) is 4. The second kappa shape index (κ2) is 7.14. The van der Waals surface area contributed by atoms with E-state index in [4.69, 9.17) is 15.7 Å². The lowest BCUT2D eigenvalue weighted by Gasteiger charge is -2.11. The van der Waals surface area contributed by atoms with Crippen molar-refractivity contribution in [2.45, 2.75) is 19.9 Å². The summed E-state index contributed by atoms with van der Waals surface area (Å²) in [7, 11) is 0. The average molecular weight is 286 g/mol. The van der Waals surface area contributed by atoms with E-state index in [0.29, 0.717) is 18.1 Å². The van der Waals surface area contributed by atoms with E-state index >= 15 is 0 Å². The smallest absolute Gasteiger partial charge is 0.235 e. The molecule has 0 fully saturated rings. The van der Waals surface area contributed by atoms with E-state index in [1.807, 2.05) is 23.8 Å². The molecule has 110 valence electrons. The van der Waals surface area contributed by atoms with Crippen LogP contribution in [0.15, 0.2) is 24.8 Å². The van der Waals surface area contributed by atoms with E-state index in [0.717, 1.165) is 19.5 Å². The molecule has 0 aliphatic rings. The number of nitrogens with two attached hydrogens (primary N) is 1. The summed E-state index contributed by atoms with van der Waals surface area (Å²) in [6.07, 6.45) is 6.38. The molecule has 0 aromatic carbocycles. The minimum atomic E-state index is 0.275. The Labute approximate surface area is 123 Å². The van der Waals surface area contributed by atoms with Gasteiger partial charge in [-0.15, -0.1) is 0 Å². The van der Waals surface area contributed by atoms with Gasteiger partial charge in [-0.05, 0) is 13.3 Å². The van der Waals surface area contributed by atoms with Crippen LogP contribution in [0.1, 0.15) is 18.9 Å². The van der Waals surface area contributed by atoms with Gasteiger partial charge in [-0.3, -0.25) is 0 Å². The van der Waals surface area contributed by atoms with E-state index in [9.17, 15) is 0 Å². The SMILES string of the molecule is CCOc1nc(NCCCn2ccnc2)cc(N)c1C#N. The second-order valence-corrected chi connectivity index (χ2v) is 4.40. The third kappa shape index (κ3) is 3.86. The summed E-state index contributed by atoms with van der Waals surface area (Å²) in [5.74, 6) is 0.887. The van der Waals surface area contributed by atoms with Crippen molar-refractivity contribution in [3.8, 4) is 11.9 Å². The summed E-state index contributed by atoms with van der Waals surface area (Å²) in [4.78, 5) is 8.26. The monoisotopic (exact) mass is 286 g/mol. The van der Waals surface area contributed by atoms with Crippen molar-refractivity contribution in [1.82, 2.24) is 14.5 Å². The van der Waals surface area contributed by atoms with E-state index in [1.165, 1.54) is 0 Å². The molecule has 0 aliphatic heterocycles. The van der Waals surface area contributed by atoms with Crippen LogP contribution in [0.25, 0.3) is 0 Å². The summed E-state index contributed by atoms with van der Waals surface area (Å²) in [5.41, 5.74) is 6.50. The van der Waals surface area contributed by atoms with E-state index in [-0.39, 0.29) is 11.4 Å². The quantitative estimate of drug-likeness (QED) is 0.750. The van der Waals surface area contributed by atoms with Crippen LogP contribution in [-0.2, 0) is 6.54 Å². The molecule has 7 heteroatoms. The topological polar surface area (TPSA) is 102 Å². The summed E-state index contributed by atoms with van der Waals surface area (Å²) < 4.78 is 7.36. The Hall–Kier alpha value is -2.75. The zero-order valence-electron chi connectivity index (χ0n) is 11.9. The predicted octanol–water partition coefficient (Wildman–Crippen LogP) is 1.63. The number of aromatic nitrogens is 3. The molecule has 21 heavy (non-hydrogen) atoms. The Kier molecular flexibility index (Phi) is 4.99. The molecule has 0 saturated heterocycles. The number of nitriles is 1. The first-order chi connectivity index (χ1) is 10.2. The molecule has 3 N–H and O–H groups in total. The number of nitrogens with one attached hydrogen (secondary N) is 1. The van der Waals surface area contributed by atoms with Crippen LogP contribution in [0, 0.1) is 11.3 Å². The van der Waals surface area contributed by atoms with Gasteiger partial charge in [0.25, 0.3) is 0 Å². The Balaban J connectivity index is 1.95. The van der Waals surface area contributed by atoms with Crippen molar-refractivity contribution >= 4 is 11.5 Å². The van der Waals surface area contributed by atoms with Crippen LogP contribution in [-0.4, -0.2) is 27.7 Å². The highest BCUT2D eigenvalue weighted by Crippen LogP contribution is 2.24. The zero-order chi connectivity index (χ0) is 15.1. The van der Waals surface area contributed by atoms with Crippen LogP contribution in [0.5, 0.6) is 5.88 Å². The number of nitrogen functional groups attached to an aromatic ring is 1. The summed E-state index contributed by atoms with van der Waals surface area (Å²) in [6.45, 7) is 3.88. The van der Waals surface area contributed by atoms with Crippen molar-refractivity contribution in [2.75, 3.05) is 24.2 Å². The Morgan fingerprint density at radius 2 is 2.38 bits per heavy atom. The molecule has 0 atom stereocenters. The fraction of sp³-hybridized carbons (Fsp3) is 0.357. The van der Waals surface area contributed by atoms with Crippen LogP contribution in [0.3, 0.4) is 0 Å². The maximum absolute atomic E-state index is 9.06. The lowest BCUT2D eigenvalue weighted by atomic mass is 10.2. The maximum atomic E-state index is 9.06. The van der Waals surface area contributed by atoms with Gasteiger partial charge in [0.05, 0.1) is 18.6 Å². The largest absolute Gasteiger partial charge is 0.477 e. The number of ether oxygens (including phenoxy) is 1. The number of aryl methyl sites for hydroxylation is 1. The van der Waals surface area contributed by atoms with Crippen molar-refractivity contribution < 1.29 is 4.74 Å². The molecule has 7 nitrogen and oxygen atoms in total. The van der Waals surface area contributed by atoms with Gasteiger partial charge < -0.3 is 20.4 Å². The lowest BCUT2D eigenvalue weighted by Crippen LogP contribution is -2.09. The average Bonchev–Trinajstić information content (AvgIpc) is 2.97. The Morgan fingerprint density at radius 1 is 1.52 bits per heavy atom. The van der Waals surface area contributed by atoms with Gasteiger partial charge in [0.15, 0.2) is 0 Å². The Bertz CT molecular complexity index is 617. The minimum Gasteiger partial charge on any atom is -0.477 e. The van der Waals surface area contributed by atoms with Crippen LogP contribution in [0.4, 0.5) is 11.5 Å². The standard InChI is InChI=1S/C14H18N6O/c1-2-21-14-11(9-15)12(16)8-13(19-14)18-4-3-6-20-7-5-17-10-20/h5,7-8,10H,2-4,6H2,1H3,(H3,16,18,19). The van der Waals surface area contributed by atoms with Gasteiger partial charge in [0.2, 0.25) is 5.88 Å². The zero-order valence-corrected chi connectivity index (χ0v) is 11.9. The molecular formula is C14H18N6O. The molecule has 2 aromatic rings. The first-order valence-electron chi connectivity index (χ1n) is 6.77. The highest BCUT2D eigenvalue weighted by atomic mass is 16.5. The minimum absolute atomic E-state index is 0.275. The molecule has 0 bridgehead atoms. The number of hydrogen-bond acceptors (Lipinski definition) is 6. The number of hydrogen-bond donors (Lipinski definition) is 2. The highest BCUT2D eigenvalue weighted by molar-refractivity contribution is 5.64. The van der Waals surface area contributed by atoms with E-state index < -0.39 is 0 Å². The highest BCUT2D eigenvalue weighted by Gasteiger charge is 2.11. The summed E-state index contributed by atoms with van der Waals surface area (Å²) in [6, 6.07) is 3.66. The van der Waals surface area contributed by atoms with Gasteiger partial charge in [-0.25, -0.2) is 4.98 Å². The number of imidazole rings is 1. The molecule has 2 rings (SSSR count). The Morgan fingerprint density at radius 3 is 3.05 bits per heavy atom. The molecule has 0 unspecified atom stereocenters. The first-order valence-corrected chi connectivity index (χ1v) is 6.77. The molecule has 2 aromatic heterocycles. The van der Waals surface area contributed by atoms with E-state index in [2.05, 4.69) is 15.3 Å². The third-order valence-corrected chi connectivity index (χ3v) is 2.87. The van der Waals surface area contributed by atoms with Gasteiger partial charge in [-0.2, -0.15) is 10.2 Å². The van der Waals surface area contributed by atoms with Crippen molar-refractivity contribution in [3.05, 3.63) is 30.4 Å². The van der Waals surface area contributed by atoms with Crippen molar-refractivity contribution in [1.29, 1.82) is 5.26 Å². The molecule has 0 spiro atoms. The fourth-order valence-electron chi connectivity index (χ4n) is 1.88. The summed E-state index contributed by atoms with van der Waals surface area (Å²) in [5, 5.41) is 12.2. The van der Waals surface area contributed by atoms with Crippen molar-refractivity contribution in [3.63, 3.8) is 0 Å². The van der Waals surface area contributed by atoms with Gasteiger partial charge in [-0.1, -0.05) is 0 Å². The molecular weight excluding hydrogens is 268 g/mol. The first kappa shape index (κ1) is 14.7. The third-order valence-electron chi connectivity index (χ3n) is 2.87. The van der Waals surface area contributed by atoms with Crippen LogP contribution in [0.2, 0.25) is 0 Å². The van der Waals surface area contributed by atoms with Gasteiger partial charge in [0, 0.05) is 31.5 Å². The molecule has 0 saturated carbocycles. The molecule has 2 heterocycles. The fourth-order valence-corrected chi connectivity index (χ4v) is 1.88. The molecule has 0 aliphatic carbocycles. The van der Waals surface area contributed by atoms with Crippen LogP contribution < -0.4 is 15.8 Å². The normalized spacial score (nSPS) is 10.1. The second-order valence-electron chi connectivity index (χ2n) is 4.40. The van der Waals surface area contributed by atoms with Crippen molar-refractivity contribution in [2.24, 2.45) is 0 Å². The number of rotatable bonds is 7. The lowest BCUT2D eigenvalue weighted by molar-refractivity contribution is 0.326. The molecule has 0 radical (unpaired) electrons. The predicted molar refractivity (Wildman–Crippen MR) is 79.9 cm³/mol. The number of anilines is 2. The van der Waals surface area contributed by atoms with Gasteiger partial charge >= 0.3 is 0 Å². The number of pyridine rings is 1. The van der Waals surface area contributed by atoms with Gasteiger partial charge in [0.1, 0.15) is 17.5 Å². The maximum Gasteiger partial charge on any atom is 0.235 e. The van der Waals surface area contributed by atoms with Crippen LogP contribution >= 0.6 is 0 Å².